The van der Waals surface area contributed by atoms with Gasteiger partial charge in [0.05, 0.1) is 0 Å². The Hall–Kier alpha value is -0.610. The molecule has 0 saturated carbocycles. The van der Waals surface area contributed by atoms with Gasteiger partial charge in [0, 0.05) is 19.8 Å². The Bertz CT molecular complexity index is 259. The maximum absolute atomic E-state index is 10.1. The van der Waals surface area contributed by atoms with Crippen molar-refractivity contribution in [1.82, 2.24) is 10.2 Å². The van der Waals surface area contributed by atoms with Gasteiger partial charge in [-0.05, 0) is 76.4 Å². The fourth-order valence-corrected chi connectivity index (χ4v) is 3.43. The second kappa shape index (κ2) is 9.35. The quantitative estimate of drug-likeness (QED) is 0.546. The van der Waals surface area contributed by atoms with Gasteiger partial charge in [-0.15, -0.1) is 0 Å². The van der Waals surface area contributed by atoms with Gasteiger partial charge in [0.2, 0.25) is 0 Å². The van der Waals surface area contributed by atoms with Crippen molar-refractivity contribution in [3.05, 3.63) is 0 Å². The highest BCUT2D eigenvalue weighted by atomic mass is 16.5. The van der Waals surface area contributed by atoms with E-state index in [1.807, 2.05) is 0 Å². The predicted octanol–water partition coefficient (Wildman–Crippen LogP) is 1.95. The summed E-state index contributed by atoms with van der Waals surface area (Å²) in [7, 11) is 0. The van der Waals surface area contributed by atoms with Gasteiger partial charge in [-0.1, -0.05) is 0 Å². The largest absolute Gasteiger partial charge is 0.381 e. The van der Waals surface area contributed by atoms with E-state index in [1.54, 1.807) is 6.41 Å². The summed E-state index contributed by atoms with van der Waals surface area (Å²) in [6.45, 7) is 6.53. The van der Waals surface area contributed by atoms with Crippen LogP contribution in [-0.4, -0.2) is 50.7 Å². The predicted molar refractivity (Wildman–Crippen MR) is 80.3 cm³/mol. The minimum absolute atomic E-state index is 0.785. The Morgan fingerprint density at radius 2 is 1.75 bits per heavy atom. The van der Waals surface area contributed by atoms with E-state index in [9.17, 15) is 4.79 Å². The molecular weight excluding hydrogens is 252 g/mol. The molecule has 0 atom stereocenters. The highest BCUT2D eigenvalue weighted by Gasteiger charge is 2.20. The summed E-state index contributed by atoms with van der Waals surface area (Å²) in [6, 6.07) is 0. The molecule has 0 aromatic heterocycles. The molecule has 20 heavy (non-hydrogen) atoms. The molecule has 2 aliphatic heterocycles. The van der Waals surface area contributed by atoms with Crippen molar-refractivity contribution in [2.45, 2.75) is 44.9 Å². The minimum Gasteiger partial charge on any atom is -0.381 e. The van der Waals surface area contributed by atoms with Crippen molar-refractivity contribution in [2.24, 2.45) is 11.8 Å². The van der Waals surface area contributed by atoms with Crippen LogP contribution in [0.2, 0.25) is 0 Å². The van der Waals surface area contributed by atoms with Crippen LogP contribution in [0.5, 0.6) is 0 Å². The van der Waals surface area contributed by atoms with Crippen molar-refractivity contribution in [1.29, 1.82) is 0 Å². The van der Waals surface area contributed by atoms with Gasteiger partial charge in [-0.25, -0.2) is 0 Å². The zero-order chi connectivity index (χ0) is 14.0. The molecule has 115 valence electrons. The summed E-state index contributed by atoms with van der Waals surface area (Å²) in [4.78, 5) is 12.7. The zero-order valence-corrected chi connectivity index (χ0v) is 12.6. The Morgan fingerprint density at radius 3 is 2.45 bits per heavy atom. The number of carbonyl (C=O) groups excluding carboxylic acids is 1. The lowest BCUT2D eigenvalue weighted by atomic mass is 9.91. The van der Waals surface area contributed by atoms with E-state index >= 15 is 0 Å². The first-order valence-corrected chi connectivity index (χ1v) is 8.28. The molecular formula is C16H29N2O2. The van der Waals surface area contributed by atoms with Gasteiger partial charge in [-0.3, -0.25) is 4.79 Å². The second-order valence-corrected chi connectivity index (χ2v) is 6.30. The molecule has 0 aliphatic carbocycles. The average molecular weight is 281 g/mol. The molecule has 0 spiro atoms. The van der Waals surface area contributed by atoms with E-state index in [-0.39, 0.29) is 0 Å². The Morgan fingerprint density at radius 1 is 1.05 bits per heavy atom. The topological polar surface area (TPSA) is 41.6 Å². The third-order valence-electron chi connectivity index (χ3n) is 4.89. The molecule has 2 aliphatic rings. The summed E-state index contributed by atoms with van der Waals surface area (Å²) in [5.74, 6) is 1.76. The molecule has 2 rings (SSSR count). The molecule has 1 amide bonds. The number of nitrogens with one attached hydrogen (secondary N) is 1. The third-order valence-corrected chi connectivity index (χ3v) is 4.89. The number of hydrogen-bond acceptors (Lipinski definition) is 3. The summed E-state index contributed by atoms with van der Waals surface area (Å²) in [5.41, 5.74) is 0. The molecule has 2 fully saturated rings. The smallest absolute Gasteiger partial charge is 0.309 e. The average Bonchev–Trinajstić information content (AvgIpc) is 2.52. The number of rotatable bonds is 8. The molecule has 1 N–H and O–H groups in total. The highest BCUT2D eigenvalue weighted by Crippen LogP contribution is 2.24. The van der Waals surface area contributed by atoms with Crippen LogP contribution in [0.25, 0.3) is 0 Å². The van der Waals surface area contributed by atoms with Crippen molar-refractivity contribution in [3.63, 3.8) is 0 Å². The second-order valence-electron chi connectivity index (χ2n) is 6.30. The summed E-state index contributed by atoms with van der Waals surface area (Å²) < 4.78 is 5.42. The van der Waals surface area contributed by atoms with Crippen molar-refractivity contribution in [2.75, 3.05) is 39.4 Å². The molecule has 4 heteroatoms. The van der Waals surface area contributed by atoms with E-state index in [1.165, 1.54) is 58.2 Å². The number of hydrogen-bond donors (Lipinski definition) is 1. The molecule has 0 unspecified atom stereocenters. The lowest BCUT2D eigenvalue weighted by Crippen LogP contribution is -2.35. The monoisotopic (exact) mass is 281 g/mol. The SMILES string of the molecule is O=[C]NCCCC1CCN(CCC2CCOCC2)CC1. The van der Waals surface area contributed by atoms with Gasteiger partial charge in [0.25, 0.3) is 0 Å². The third kappa shape index (κ3) is 5.80. The summed E-state index contributed by atoms with van der Waals surface area (Å²) in [6.07, 6.45) is 10.6. The van der Waals surface area contributed by atoms with Crippen LogP contribution in [0.15, 0.2) is 0 Å². The van der Waals surface area contributed by atoms with Crippen LogP contribution in [0, 0.1) is 11.8 Å². The van der Waals surface area contributed by atoms with Gasteiger partial charge in [0.1, 0.15) is 0 Å². The molecule has 4 nitrogen and oxygen atoms in total. The van der Waals surface area contributed by atoms with Crippen LogP contribution < -0.4 is 5.32 Å². The van der Waals surface area contributed by atoms with Crippen molar-refractivity contribution < 1.29 is 9.53 Å². The Labute approximate surface area is 123 Å². The summed E-state index contributed by atoms with van der Waals surface area (Å²) >= 11 is 0. The summed E-state index contributed by atoms with van der Waals surface area (Å²) in [5, 5.41) is 2.63. The fraction of sp³-hybridized carbons (Fsp3) is 0.938. The van der Waals surface area contributed by atoms with E-state index < -0.39 is 0 Å². The van der Waals surface area contributed by atoms with Crippen molar-refractivity contribution >= 4 is 6.41 Å². The normalized spacial score (nSPS) is 22.8. The minimum atomic E-state index is 0.785. The standard InChI is InChI=1S/C16H29N2O2/c19-14-17-8-1-2-15-3-9-18(10-4-15)11-5-16-6-12-20-13-7-16/h15-16H,1-13H2,(H,17,19). The number of likely N-dealkylation sites (tertiary alicyclic amines) is 1. The molecule has 0 aromatic carbocycles. The first-order chi connectivity index (χ1) is 9.88. The maximum Gasteiger partial charge on any atom is 0.309 e. The van der Waals surface area contributed by atoms with Crippen LogP contribution in [0.3, 0.4) is 0 Å². The van der Waals surface area contributed by atoms with Gasteiger partial charge in [-0.2, -0.15) is 0 Å². The van der Waals surface area contributed by atoms with Crippen LogP contribution in [0.4, 0.5) is 0 Å². The first kappa shape index (κ1) is 15.8. The van der Waals surface area contributed by atoms with E-state index in [2.05, 4.69) is 10.2 Å². The van der Waals surface area contributed by atoms with Crippen LogP contribution in [-0.2, 0) is 9.53 Å². The van der Waals surface area contributed by atoms with Crippen LogP contribution in [0.1, 0.15) is 44.9 Å². The Kier molecular flexibility index (Phi) is 7.37. The fourth-order valence-electron chi connectivity index (χ4n) is 3.43. The number of nitrogens with zero attached hydrogens (tertiary/aromatic N) is 1. The maximum atomic E-state index is 10.1. The van der Waals surface area contributed by atoms with E-state index in [0.717, 1.165) is 38.0 Å². The number of amides is 1. The molecule has 2 saturated heterocycles. The van der Waals surface area contributed by atoms with Gasteiger partial charge < -0.3 is 15.0 Å². The first-order valence-electron chi connectivity index (χ1n) is 8.28. The molecule has 2 heterocycles. The van der Waals surface area contributed by atoms with E-state index in [0.29, 0.717) is 0 Å². The van der Waals surface area contributed by atoms with Gasteiger partial charge >= 0.3 is 6.41 Å². The van der Waals surface area contributed by atoms with Gasteiger partial charge in [0.15, 0.2) is 0 Å². The molecule has 1 radical (unpaired) electrons. The number of piperidine rings is 1. The zero-order valence-electron chi connectivity index (χ0n) is 12.6. The van der Waals surface area contributed by atoms with E-state index in [4.69, 9.17) is 4.74 Å². The number of ether oxygens (including phenoxy) is 1. The lowest BCUT2D eigenvalue weighted by molar-refractivity contribution is 0.0580. The lowest BCUT2D eigenvalue weighted by Gasteiger charge is -2.33. The highest BCUT2D eigenvalue weighted by molar-refractivity contribution is 5.46. The molecule has 0 aromatic rings. The van der Waals surface area contributed by atoms with Crippen molar-refractivity contribution in [3.8, 4) is 0 Å². The van der Waals surface area contributed by atoms with Crippen LogP contribution >= 0.6 is 0 Å². The Balaban J connectivity index is 1.51. The molecule has 0 bridgehead atoms.